The molecule has 1 aromatic heterocycles. The zero-order valence-corrected chi connectivity index (χ0v) is 14.2. The first-order chi connectivity index (χ1) is 11.3. The Kier molecular flexibility index (Phi) is 5.14. The number of hydrazone groups is 1. The monoisotopic (exact) mass is 397 g/mol. The predicted molar refractivity (Wildman–Crippen MR) is 91.7 cm³/mol. The average Bonchev–Trinajstić information content (AvgIpc) is 2.88. The third-order valence-electron chi connectivity index (χ3n) is 2.86. The number of nitrogens with zero attached hydrogens (tertiary/aromatic N) is 4. The number of anilines is 2. The second kappa shape index (κ2) is 7.08. The maximum atomic E-state index is 11.0. The number of rotatable bonds is 6. The molecule has 0 spiro atoms. The molecule has 0 radical (unpaired) electrons. The van der Waals surface area contributed by atoms with Crippen LogP contribution < -0.4 is 10.3 Å². The first-order valence-corrected chi connectivity index (χ1v) is 7.27. The average molecular weight is 398 g/mol. The van der Waals surface area contributed by atoms with Gasteiger partial charge in [-0.15, -0.1) is 0 Å². The molecule has 0 bridgehead atoms. The molecule has 0 aliphatic heterocycles. The summed E-state index contributed by atoms with van der Waals surface area (Å²) in [5, 5.41) is 25.6. The summed E-state index contributed by atoms with van der Waals surface area (Å²) in [5.74, 6) is 1.01. The summed E-state index contributed by atoms with van der Waals surface area (Å²) in [6.07, 6.45) is 1.34. The second-order valence-corrected chi connectivity index (χ2v) is 5.64. The van der Waals surface area contributed by atoms with Crippen molar-refractivity contribution in [2.45, 2.75) is 0 Å². The number of benzene rings is 1. The van der Waals surface area contributed by atoms with E-state index >= 15 is 0 Å². The zero-order chi connectivity index (χ0) is 17.9. The summed E-state index contributed by atoms with van der Waals surface area (Å²) in [4.78, 5) is 22.0. The van der Waals surface area contributed by atoms with E-state index in [1.54, 1.807) is 11.0 Å². The molecule has 1 aromatic carbocycles. The number of nitro benzene ring substituents is 2. The van der Waals surface area contributed by atoms with Crippen LogP contribution in [0.25, 0.3) is 0 Å². The van der Waals surface area contributed by atoms with Gasteiger partial charge < -0.3 is 9.32 Å². The molecule has 2 rings (SSSR count). The van der Waals surface area contributed by atoms with Crippen molar-refractivity contribution in [3.63, 3.8) is 0 Å². The molecule has 0 aliphatic carbocycles. The van der Waals surface area contributed by atoms with Gasteiger partial charge in [0.2, 0.25) is 5.88 Å². The van der Waals surface area contributed by atoms with E-state index < -0.39 is 15.5 Å². The minimum absolute atomic E-state index is 0.0281. The molecule has 0 unspecified atom stereocenters. The Bertz CT molecular complexity index is 817. The Hall–Kier alpha value is -2.95. The molecule has 0 aliphatic rings. The molecule has 11 heteroatoms. The third kappa shape index (κ3) is 3.87. The molecular formula is C13H12BrN5O5. The van der Waals surface area contributed by atoms with Crippen LogP contribution in [-0.2, 0) is 0 Å². The van der Waals surface area contributed by atoms with Crippen molar-refractivity contribution < 1.29 is 14.3 Å². The van der Waals surface area contributed by atoms with Gasteiger partial charge in [0.15, 0.2) is 5.76 Å². The molecule has 1 heterocycles. The van der Waals surface area contributed by atoms with Crippen molar-refractivity contribution in [1.82, 2.24) is 0 Å². The lowest BCUT2D eigenvalue weighted by Gasteiger charge is -2.07. The topological polar surface area (TPSA) is 127 Å². The molecule has 126 valence electrons. The van der Waals surface area contributed by atoms with Gasteiger partial charge in [-0.1, -0.05) is 0 Å². The standard InChI is InChI=1S/C13H12BrN5O5/c1-17(2)13-10(14)6-9(24-13)7-15-16-11-4-3-8(18(20)21)5-12(11)19(22)23/h3-7,16H,1-2H3. The van der Waals surface area contributed by atoms with Crippen molar-refractivity contribution in [3.8, 4) is 0 Å². The molecule has 0 saturated heterocycles. The van der Waals surface area contributed by atoms with Gasteiger partial charge in [0.25, 0.3) is 5.69 Å². The van der Waals surface area contributed by atoms with Gasteiger partial charge in [-0.2, -0.15) is 5.10 Å². The van der Waals surface area contributed by atoms with Crippen LogP contribution in [0, 0.1) is 20.2 Å². The van der Waals surface area contributed by atoms with E-state index in [2.05, 4.69) is 26.5 Å². The van der Waals surface area contributed by atoms with Crippen LogP contribution in [0.2, 0.25) is 0 Å². The Morgan fingerprint density at radius 1 is 1.25 bits per heavy atom. The molecular weight excluding hydrogens is 386 g/mol. The van der Waals surface area contributed by atoms with Gasteiger partial charge >= 0.3 is 5.69 Å². The normalized spacial score (nSPS) is 10.8. The summed E-state index contributed by atoms with van der Waals surface area (Å²) in [5.41, 5.74) is 1.69. The van der Waals surface area contributed by atoms with Crippen molar-refractivity contribution in [1.29, 1.82) is 0 Å². The highest BCUT2D eigenvalue weighted by molar-refractivity contribution is 9.10. The summed E-state index contributed by atoms with van der Waals surface area (Å²) >= 11 is 3.34. The molecule has 0 amide bonds. The molecule has 0 fully saturated rings. The highest BCUT2D eigenvalue weighted by Gasteiger charge is 2.19. The van der Waals surface area contributed by atoms with E-state index in [1.165, 1.54) is 12.3 Å². The molecule has 0 atom stereocenters. The van der Waals surface area contributed by atoms with Crippen LogP contribution in [0.4, 0.5) is 22.9 Å². The van der Waals surface area contributed by atoms with Crippen LogP contribution in [0.3, 0.4) is 0 Å². The van der Waals surface area contributed by atoms with Crippen LogP contribution in [0.15, 0.2) is 38.3 Å². The summed E-state index contributed by atoms with van der Waals surface area (Å²) in [7, 11) is 3.62. The lowest BCUT2D eigenvalue weighted by Crippen LogP contribution is -2.07. The SMILES string of the molecule is CN(C)c1oc(C=NNc2ccc([N+](=O)[O-])cc2[N+](=O)[O-])cc1Br. The van der Waals surface area contributed by atoms with E-state index in [1.807, 2.05) is 14.1 Å². The molecule has 10 nitrogen and oxygen atoms in total. The zero-order valence-electron chi connectivity index (χ0n) is 12.6. The number of nitro groups is 2. The van der Waals surface area contributed by atoms with Crippen LogP contribution in [0.5, 0.6) is 0 Å². The third-order valence-corrected chi connectivity index (χ3v) is 3.43. The Balaban J connectivity index is 2.21. The second-order valence-electron chi connectivity index (χ2n) is 4.78. The molecule has 0 saturated carbocycles. The minimum Gasteiger partial charge on any atom is -0.438 e. The van der Waals surface area contributed by atoms with Crippen molar-refractivity contribution in [3.05, 3.63) is 54.7 Å². The minimum atomic E-state index is -0.724. The lowest BCUT2D eigenvalue weighted by atomic mass is 10.2. The number of furan rings is 1. The molecule has 1 N–H and O–H groups in total. The van der Waals surface area contributed by atoms with Crippen LogP contribution in [-0.4, -0.2) is 30.2 Å². The number of halogens is 1. The highest BCUT2D eigenvalue weighted by Crippen LogP contribution is 2.30. The van der Waals surface area contributed by atoms with Gasteiger partial charge in [0, 0.05) is 26.2 Å². The fraction of sp³-hybridized carbons (Fsp3) is 0.154. The number of hydrogen-bond donors (Lipinski definition) is 1. The predicted octanol–water partition coefficient (Wildman–Crippen LogP) is 3.37. The maximum Gasteiger partial charge on any atom is 0.301 e. The molecule has 24 heavy (non-hydrogen) atoms. The number of non-ortho nitro benzene ring substituents is 1. The summed E-state index contributed by atoms with van der Waals surface area (Å²) in [6.45, 7) is 0. The largest absolute Gasteiger partial charge is 0.438 e. The molecule has 2 aromatic rings. The fourth-order valence-corrected chi connectivity index (χ4v) is 2.45. The summed E-state index contributed by atoms with van der Waals surface area (Å²) in [6, 6.07) is 4.92. The van der Waals surface area contributed by atoms with Crippen LogP contribution in [0.1, 0.15) is 5.76 Å². The smallest absolute Gasteiger partial charge is 0.301 e. The van der Waals surface area contributed by atoms with Gasteiger partial charge in [-0.25, -0.2) is 0 Å². The van der Waals surface area contributed by atoms with Gasteiger partial charge in [0.05, 0.1) is 26.6 Å². The first kappa shape index (κ1) is 17.4. The van der Waals surface area contributed by atoms with Crippen molar-refractivity contribution in [2.75, 3.05) is 24.4 Å². The van der Waals surface area contributed by atoms with E-state index in [0.717, 1.165) is 16.6 Å². The Morgan fingerprint density at radius 2 is 1.96 bits per heavy atom. The van der Waals surface area contributed by atoms with E-state index in [9.17, 15) is 20.2 Å². The number of hydrogen-bond acceptors (Lipinski definition) is 8. The Labute approximate surface area is 144 Å². The van der Waals surface area contributed by atoms with E-state index in [-0.39, 0.29) is 11.4 Å². The van der Waals surface area contributed by atoms with Gasteiger partial charge in [-0.3, -0.25) is 25.7 Å². The fourth-order valence-electron chi connectivity index (χ4n) is 1.79. The quantitative estimate of drug-likeness (QED) is 0.449. The van der Waals surface area contributed by atoms with Crippen molar-refractivity contribution in [2.24, 2.45) is 5.10 Å². The number of nitrogens with one attached hydrogen (secondary N) is 1. The van der Waals surface area contributed by atoms with Crippen LogP contribution >= 0.6 is 15.9 Å². The Morgan fingerprint density at radius 3 is 2.50 bits per heavy atom. The lowest BCUT2D eigenvalue weighted by molar-refractivity contribution is -0.393. The van der Waals surface area contributed by atoms with Crippen molar-refractivity contribution >= 4 is 45.1 Å². The van der Waals surface area contributed by atoms with E-state index in [4.69, 9.17) is 4.42 Å². The summed E-state index contributed by atoms with van der Waals surface area (Å²) < 4.78 is 6.24. The van der Waals surface area contributed by atoms with E-state index in [0.29, 0.717) is 11.6 Å². The maximum absolute atomic E-state index is 11.0. The first-order valence-electron chi connectivity index (χ1n) is 6.48. The highest BCUT2D eigenvalue weighted by atomic mass is 79.9. The van der Waals surface area contributed by atoms with Gasteiger partial charge in [0.1, 0.15) is 5.69 Å². The van der Waals surface area contributed by atoms with Gasteiger partial charge in [-0.05, 0) is 22.0 Å².